The van der Waals surface area contributed by atoms with Gasteiger partial charge in [-0.15, -0.1) is 0 Å². The predicted molar refractivity (Wildman–Crippen MR) is 304 cm³/mol. The first-order valence-corrected chi connectivity index (χ1v) is 30.4. The van der Waals surface area contributed by atoms with Crippen molar-refractivity contribution in [3.8, 4) is 0 Å². The summed E-state index contributed by atoms with van der Waals surface area (Å²) in [5.74, 6) is -7.67. The Morgan fingerprint density at radius 3 is 0.460 bits per heavy atom. The van der Waals surface area contributed by atoms with Crippen molar-refractivity contribution < 1.29 is 126 Å². The van der Waals surface area contributed by atoms with Gasteiger partial charge in [0, 0.05) is 123 Å². The molecule has 0 atom stereocenters. The minimum absolute atomic E-state index is 0.126. The van der Waals surface area contributed by atoms with E-state index in [-0.39, 0.29) is 26.2 Å². The van der Waals surface area contributed by atoms with Gasteiger partial charge < -0.3 is 49.5 Å². The minimum Gasteiger partial charge on any atom is -0.549 e. The van der Waals surface area contributed by atoms with Gasteiger partial charge in [-0.3, -0.25) is 14.7 Å². The Morgan fingerprint density at radius 1 is 0.253 bits per heavy atom. The zero-order valence-electron chi connectivity index (χ0n) is 56.6. The lowest BCUT2D eigenvalue weighted by Gasteiger charge is -2.49. The van der Waals surface area contributed by atoms with Gasteiger partial charge in [0.2, 0.25) is 0 Å². The van der Waals surface area contributed by atoms with E-state index in [0.29, 0.717) is 0 Å². The number of hydrogen-bond acceptors (Lipinski definition) is 23. The van der Waals surface area contributed by atoms with E-state index in [1.807, 2.05) is 138 Å². The van der Waals surface area contributed by atoms with Crippen molar-refractivity contribution in [3.05, 3.63) is 0 Å². The monoisotopic (exact) mass is 1260 g/mol. The van der Waals surface area contributed by atoms with Crippen molar-refractivity contribution in [2.24, 2.45) is 0 Å². The Hall–Kier alpha value is -3.37. The molecule has 28 heteroatoms. The second kappa shape index (κ2) is 30.4. The van der Waals surface area contributed by atoms with Crippen molar-refractivity contribution in [3.63, 3.8) is 0 Å². The van der Waals surface area contributed by atoms with Gasteiger partial charge in [0.25, 0.3) is 0 Å². The van der Waals surface area contributed by atoms with E-state index in [9.17, 15) is 102 Å². The van der Waals surface area contributed by atoms with Gasteiger partial charge in [-0.05, 0) is 195 Å². The van der Waals surface area contributed by atoms with Gasteiger partial charge in [-0.1, -0.05) is 0 Å². The number of nitrogens with zero attached hydrogens (tertiary/aromatic N) is 8. The first-order chi connectivity index (χ1) is 38.5. The van der Waals surface area contributed by atoms with Crippen LogP contribution in [0.1, 0.15) is 235 Å². The average molecular weight is 1260 g/mol. The topological polar surface area (TPSA) is 413 Å². The molecule has 5 aliphatic rings. The summed E-state index contributed by atoms with van der Waals surface area (Å²) in [6, 6.07) is 0. The molecule has 5 heterocycles. The second-order valence-corrected chi connectivity index (χ2v) is 31.0. The molecule has 0 unspecified atom stereocenters. The molecule has 5 fully saturated rings. The Kier molecular flexibility index (Phi) is 29.2. The number of hydrogen-bond donors (Lipinski definition) is 10. The van der Waals surface area contributed by atoms with Crippen LogP contribution in [0.4, 0.5) is 0 Å². The van der Waals surface area contributed by atoms with E-state index in [2.05, 4.69) is 0 Å². The summed E-state index contributed by atoms with van der Waals surface area (Å²) in [7, 11) is 0. The molecule has 0 spiro atoms. The van der Waals surface area contributed by atoms with Gasteiger partial charge >= 0.3 is 0 Å². The molecule has 0 radical (unpaired) electrons. The van der Waals surface area contributed by atoms with Crippen LogP contribution in [-0.2, 0) is 24.0 Å². The summed E-state index contributed by atoms with van der Waals surface area (Å²) in [5.41, 5.74) is -4.43. The fraction of sp³-hybridized carbons (Fsp3) is 0.915. The molecule has 5 aliphatic heterocycles. The third-order valence-electron chi connectivity index (χ3n) is 19.6. The maximum absolute atomic E-state index is 10.8. The lowest BCUT2D eigenvalue weighted by atomic mass is 9.81. The molecule has 0 aromatic heterocycles. The molecular weight excluding hydrogens is 1140 g/mol. The van der Waals surface area contributed by atoms with Crippen LogP contribution in [0.5, 0.6) is 0 Å². The zero-order chi connectivity index (χ0) is 69.1. The Bertz CT molecular complexity index is 1840. The highest BCUT2D eigenvalue weighted by atomic mass is 16.9. The summed E-state index contributed by atoms with van der Waals surface area (Å²) < 4.78 is 0. The van der Waals surface area contributed by atoms with E-state index in [4.69, 9.17) is 0 Å². The fourth-order valence-electron chi connectivity index (χ4n) is 12.6. The summed E-state index contributed by atoms with van der Waals surface area (Å²) in [4.78, 5) is 52.1. The molecule has 514 valence electrons. The van der Waals surface area contributed by atoms with Crippen LogP contribution < -0.4 is 25.5 Å². The summed E-state index contributed by atoms with van der Waals surface area (Å²) >= 11 is 0. The molecule has 28 nitrogen and oxygen atoms in total. The molecule has 0 amide bonds. The van der Waals surface area contributed by atoms with Crippen molar-refractivity contribution in [1.29, 1.82) is 0 Å². The SMILES string of the molecule is CC1(C)CCCC(C)(C)[N+]1(O)O.CC1(C)CCCC(C)(C)[N+]1(O)O.CC1(C)CCCC(C)(C)[N+]1(O)O.CC1(C)CCCC(C)(C)[N+]1(O)O.CC1(C)CCCC(C)(C)[N+]1(O)O.O=C([O-])CN(CCN(CC(=O)[O-])CC(=O)[O-])CCN(CC(=O)[O-])CC(=O)[O-]. The fourth-order valence-corrected chi connectivity index (χ4v) is 12.6. The average Bonchev–Trinajstić information content (AvgIpc) is 0.865. The normalized spacial score (nSPS) is 25.2. The van der Waals surface area contributed by atoms with E-state index < -0.39 is 142 Å². The van der Waals surface area contributed by atoms with Crippen LogP contribution in [0.25, 0.3) is 0 Å². The molecule has 0 aromatic carbocycles. The third-order valence-corrected chi connectivity index (χ3v) is 19.6. The number of carbonyl (C=O) groups excluding carboxylic acids is 5. The summed E-state index contributed by atoms with van der Waals surface area (Å²) in [6.45, 7) is 33.8. The number of carboxylic acid groups (broad SMARTS) is 5. The van der Waals surface area contributed by atoms with Crippen LogP contribution in [0.15, 0.2) is 0 Å². The highest BCUT2D eigenvalue weighted by Crippen LogP contribution is 2.46. The van der Waals surface area contributed by atoms with Crippen molar-refractivity contribution in [1.82, 2.24) is 14.7 Å². The van der Waals surface area contributed by atoms with Gasteiger partial charge in [0.15, 0.2) is 55.4 Å². The number of rotatable bonds is 16. The third kappa shape index (κ3) is 21.9. The smallest absolute Gasteiger partial charge is 0.156 e. The van der Waals surface area contributed by atoms with Crippen LogP contribution in [0.2, 0.25) is 0 Å². The minimum atomic E-state index is -1.54. The standard InChI is InChI=1S/C14H23N3O10.5C9H20NO2/c18-10(19)5-15(1-3-16(6-11(20)21)7-12(22)23)2-4-17(8-13(24)25)9-14(26)27;5*1-8(2)6-5-7-9(3,4)10(8,11)12/h1-9H2,(H,18,19)(H,20,21)(H,22,23)(H,24,25)(H,26,27);5*11-12H,5-7H2,1-4H3/q;5*+1/p-5. The van der Waals surface area contributed by atoms with Crippen LogP contribution >= 0.6 is 0 Å². The summed E-state index contributed by atoms with van der Waals surface area (Å²) in [5, 5.41) is 153. The molecule has 5 rings (SSSR count). The maximum atomic E-state index is 10.8. The highest BCUT2D eigenvalue weighted by Gasteiger charge is 2.61. The van der Waals surface area contributed by atoms with Crippen molar-refractivity contribution >= 4 is 29.8 Å². The Morgan fingerprint density at radius 2 is 0.356 bits per heavy atom. The van der Waals surface area contributed by atoms with Gasteiger partial charge in [0.05, 0.1) is 29.8 Å². The van der Waals surface area contributed by atoms with Gasteiger partial charge in [0.1, 0.15) is 0 Å². The van der Waals surface area contributed by atoms with E-state index in [1.54, 1.807) is 0 Å². The van der Waals surface area contributed by atoms with Crippen LogP contribution in [0, 0.1) is 0 Å². The largest absolute Gasteiger partial charge is 0.549 e. The summed E-state index contributed by atoms with van der Waals surface area (Å²) in [6.07, 6.45) is 14.0. The maximum Gasteiger partial charge on any atom is 0.156 e. The number of hydroxylamine groups is 20. The Balaban J connectivity index is 0.00000106. The first kappa shape index (κ1) is 83.6. The van der Waals surface area contributed by atoms with Crippen LogP contribution in [0.3, 0.4) is 0 Å². The number of quaternary nitrogens is 5. The second-order valence-electron chi connectivity index (χ2n) is 31.0. The Labute approximate surface area is 517 Å². The molecule has 0 aliphatic carbocycles. The molecule has 87 heavy (non-hydrogen) atoms. The number of piperidine rings is 5. The molecule has 0 saturated carbocycles. The van der Waals surface area contributed by atoms with E-state index >= 15 is 0 Å². The molecule has 0 bridgehead atoms. The first-order valence-electron chi connectivity index (χ1n) is 30.4. The lowest BCUT2D eigenvalue weighted by molar-refractivity contribution is -1.30. The molecule has 5 saturated heterocycles. The van der Waals surface area contributed by atoms with Gasteiger partial charge in [-0.2, -0.15) is 52.1 Å². The molecule has 0 aromatic rings. The predicted octanol–water partition coefficient (Wildman–Crippen LogP) is 2.26. The van der Waals surface area contributed by atoms with E-state index in [1.165, 1.54) is 4.90 Å². The van der Waals surface area contributed by atoms with Crippen LogP contribution in [-0.4, -0.2) is 235 Å². The number of carbonyl (C=O) groups is 5. The highest BCUT2D eigenvalue weighted by molar-refractivity contribution is 5.71. The van der Waals surface area contributed by atoms with Gasteiger partial charge in [-0.25, -0.2) is 0 Å². The number of carboxylic acids is 5. The number of aliphatic carboxylic acids is 5. The zero-order valence-corrected chi connectivity index (χ0v) is 56.6. The molecule has 10 N–H and O–H groups in total. The van der Waals surface area contributed by atoms with Crippen molar-refractivity contribution in [2.75, 3.05) is 58.9 Å². The molecular formula is C59H118N8O20. The van der Waals surface area contributed by atoms with Crippen molar-refractivity contribution in [2.45, 2.75) is 290 Å². The lowest BCUT2D eigenvalue weighted by Crippen LogP contribution is -2.69. The quantitative estimate of drug-likeness (QED) is 0.0991. The van der Waals surface area contributed by atoms with E-state index in [0.717, 1.165) is 106 Å².